The SMILES string of the molecule is CC#CC(C)(O)CC1CC1. The molecule has 0 aromatic rings. The minimum Gasteiger partial charge on any atom is -0.378 e. The second-order valence-electron chi connectivity index (χ2n) is 3.30. The summed E-state index contributed by atoms with van der Waals surface area (Å²) in [7, 11) is 0. The van der Waals surface area contributed by atoms with Crippen molar-refractivity contribution in [1.29, 1.82) is 0 Å². The van der Waals surface area contributed by atoms with E-state index in [2.05, 4.69) is 11.8 Å². The molecular formula is C9H14O. The zero-order valence-corrected chi connectivity index (χ0v) is 6.65. The largest absolute Gasteiger partial charge is 0.378 e. The van der Waals surface area contributed by atoms with Crippen LogP contribution in [0.25, 0.3) is 0 Å². The molecule has 0 aliphatic heterocycles. The van der Waals surface area contributed by atoms with Crippen LogP contribution in [0.3, 0.4) is 0 Å². The van der Waals surface area contributed by atoms with Crippen LogP contribution in [-0.2, 0) is 0 Å². The third kappa shape index (κ3) is 2.41. The number of hydrogen-bond acceptors (Lipinski definition) is 1. The Hall–Kier alpha value is -0.480. The Kier molecular flexibility index (Phi) is 2.01. The van der Waals surface area contributed by atoms with Crippen LogP contribution in [0.1, 0.15) is 33.1 Å². The topological polar surface area (TPSA) is 20.2 Å². The molecule has 1 atom stereocenters. The fourth-order valence-electron chi connectivity index (χ4n) is 1.20. The van der Waals surface area contributed by atoms with Gasteiger partial charge in [-0.3, -0.25) is 0 Å². The summed E-state index contributed by atoms with van der Waals surface area (Å²) in [4.78, 5) is 0. The highest BCUT2D eigenvalue weighted by molar-refractivity contribution is 5.11. The van der Waals surface area contributed by atoms with Gasteiger partial charge in [-0.25, -0.2) is 0 Å². The Bertz CT molecular complexity index is 167. The molecule has 1 unspecified atom stereocenters. The molecule has 0 amide bonds. The standard InChI is InChI=1S/C9H14O/c1-3-6-9(2,10)7-8-4-5-8/h8,10H,4-5,7H2,1-2H3. The summed E-state index contributed by atoms with van der Waals surface area (Å²) in [5.41, 5.74) is -0.726. The third-order valence-corrected chi connectivity index (χ3v) is 1.78. The van der Waals surface area contributed by atoms with E-state index in [9.17, 15) is 5.11 Å². The first-order valence-corrected chi connectivity index (χ1v) is 3.80. The Morgan fingerprint density at radius 3 is 2.60 bits per heavy atom. The van der Waals surface area contributed by atoms with Gasteiger partial charge in [0.25, 0.3) is 0 Å². The maximum absolute atomic E-state index is 9.55. The van der Waals surface area contributed by atoms with Gasteiger partial charge in [0.05, 0.1) is 0 Å². The lowest BCUT2D eigenvalue weighted by atomic mass is 10.0. The first kappa shape index (κ1) is 7.63. The Balaban J connectivity index is 2.38. The van der Waals surface area contributed by atoms with Crippen LogP contribution in [0, 0.1) is 17.8 Å². The molecule has 0 saturated heterocycles. The lowest BCUT2D eigenvalue weighted by Gasteiger charge is -2.14. The molecule has 1 heteroatoms. The quantitative estimate of drug-likeness (QED) is 0.574. The van der Waals surface area contributed by atoms with Crippen LogP contribution in [0.4, 0.5) is 0 Å². The van der Waals surface area contributed by atoms with E-state index in [1.165, 1.54) is 12.8 Å². The second kappa shape index (κ2) is 2.64. The van der Waals surface area contributed by atoms with Crippen LogP contribution >= 0.6 is 0 Å². The molecule has 0 aromatic heterocycles. The third-order valence-electron chi connectivity index (χ3n) is 1.78. The molecule has 0 radical (unpaired) electrons. The van der Waals surface area contributed by atoms with Crippen molar-refractivity contribution in [3.63, 3.8) is 0 Å². The Morgan fingerprint density at radius 2 is 2.20 bits per heavy atom. The molecule has 1 N–H and O–H groups in total. The van der Waals surface area contributed by atoms with Crippen molar-refractivity contribution in [3.05, 3.63) is 0 Å². The van der Waals surface area contributed by atoms with E-state index in [0.29, 0.717) is 0 Å². The predicted octanol–water partition coefficient (Wildman–Crippen LogP) is 1.56. The van der Waals surface area contributed by atoms with Crippen molar-refractivity contribution in [3.8, 4) is 11.8 Å². The van der Waals surface area contributed by atoms with Gasteiger partial charge in [0.1, 0.15) is 5.60 Å². The van der Waals surface area contributed by atoms with Crippen molar-refractivity contribution in [2.45, 2.75) is 38.7 Å². The van der Waals surface area contributed by atoms with Gasteiger partial charge in [-0.15, -0.1) is 5.92 Å². The Morgan fingerprint density at radius 1 is 1.60 bits per heavy atom. The normalized spacial score (nSPS) is 22.7. The van der Waals surface area contributed by atoms with Gasteiger partial charge in [-0.05, 0) is 26.2 Å². The van der Waals surface area contributed by atoms with Crippen LogP contribution in [-0.4, -0.2) is 10.7 Å². The zero-order chi connectivity index (χ0) is 7.61. The van der Waals surface area contributed by atoms with E-state index in [0.717, 1.165) is 12.3 Å². The maximum atomic E-state index is 9.55. The van der Waals surface area contributed by atoms with Gasteiger partial charge >= 0.3 is 0 Å². The van der Waals surface area contributed by atoms with E-state index in [1.54, 1.807) is 13.8 Å². The molecule has 10 heavy (non-hydrogen) atoms. The van der Waals surface area contributed by atoms with Gasteiger partial charge in [0, 0.05) is 0 Å². The van der Waals surface area contributed by atoms with Crippen LogP contribution < -0.4 is 0 Å². The summed E-state index contributed by atoms with van der Waals surface area (Å²) in [6.45, 7) is 3.56. The molecule has 1 aliphatic rings. The van der Waals surface area contributed by atoms with E-state index in [1.807, 2.05) is 0 Å². The lowest BCUT2D eigenvalue weighted by Crippen LogP contribution is -2.21. The molecule has 1 saturated carbocycles. The number of hydrogen-bond donors (Lipinski definition) is 1. The van der Waals surface area contributed by atoms with E-state index in [4.69, 9.17) is 0 Å². The number of aliphatic hydroxyl groups is 1. The molecule has 1 fully saturated rings. The molecular weight excluding hydrogens is 124 g/mol. The summed E-state index contributed by atoms with van der Waals surface area (Å²) in [6.07, 6.45) is 3.41. The summed E-state index contributed by atoms with van der Waals surface area (Å²) >= 11 is 0. The molecule has 0 spiro atoms. The highest BCUT2D eigenvalue weighted by Crippen LogP contribution is 2.36. The van der Waals surface area contributed by atoms with Gasteiger partial charge in [0.15, 0.2) is 0 Å². The summed E-state index contributed by atoms with van der Waals surface area (Å²) < 4.78 is 0. The van der Waals surface area contributed by atoms with Crippen molar-refractivity contribution < 1.29 is 5.11 Å². The van der Waals surface area contributed by atoms with Gasteiger partial charge in [-0.2, -0.15) is 0 Å². The second-order valence-corrected chi connectivity index (χ2v) is 3.30. The fourth-order valence-corrected chi connectivity index (χ4v) is 1.20. The summed E-state index contributed by atoms with van der Waals surface area (Å²) in [5.74, 6) is 6.29. The van der Waals surface area contributed by atoms with Crippen molar-refractivity contribution >= 4 is 0 Å². The molecule has 0 bridgehead atoms. The zero-order valence-electron chi connectivity index (χ0n) is 6.65. The average Bonchev–Trinajstić information content (AvgIpc) is 2.48. The van der Waals surface area contributed by atoms with Crippen molar-refractivity contribution in [2.24, 2.45) is 5.92 Å². The van der Waals surface area contributed by atoms with Crippen molar-refractivity contribution in [1.82, 2.24) is 0 Å². The monoisotopic (exact) mass is 138 g/mol. The van der Waals surface area contributed by atoms with E-state index < -0.39 is 5.60 Å². The van der Waals surface area contributed by atoms with Gasteiger partial charge < -0.3 is 5.11 Å². The lowest BCUT2D eigenvalue weighted by molar-refractivity contribution is 0.106. The molecule has 1 aliphatic carbocycles. The highest BCUT2D eigenvalue weighted by Gasteiger charge is 2.29. The average molecular weight is 138 g/mol. The molecule has 56 valence electrons. The van der Waals surface area contributed by atoms with Crippen LogP contribution in [0.5, 0.6) is 0 Å². The Labute approximate surface area is 62.4 Å². The first-order valence-electron chi connectivity index (χ1n) is 3.80. The van der Waals surface area contributed by atoms with Gasteiger partial charge in [-0.1, -0.05) is 18.8 Å². The molecule has 0 heterocycles. The highest BCUT2D eigenvalue weighted by atomic mass is 16.3. The molecule has 1 nitrogen and oxygen atoms in total. The predicted molar refractivity (Wildman–Crippen MR) is 41.4 cm³/mol. The summed E-state index contributed by atoms with van der Waals surface area (Å²) in [5, 5.41) is 9.55. The number of rotatable bonds is 2. The summed E-state index contributed by atoms with van der Waals surface area (Å²) in [6, 6.07) is 0. The van der Waals surface area contributed by atoms with E-state index in [-0.39, 0.29) is 0 Å². The first-order chi connectivity index (χ1) is 4.64. The fraction of sp³-hybridized carbons (Fsp3) is 0.778. The minimum absolute atomic E-state index is 0.726. The molecule has 1 rings (SSSR count). The maximum Gasteiger partial charge on any atom is 0.123 e. The van der Waals surface area contributed by atoms with Gasteiger partial charge in [0.2, 0.25) is 0 Å². The smallest absolute Gasteiger partial charge is 0.123 e. The van der Waals surface area contributed by atoms with Crippen LogP contribution in [0.15, 0.2) is 0 Å². The van der Waals surface area contributed by atoms with Crippen LogP contribution in [0.2, 0.25) is 0 Å². The molecule has 0 aromatic carbocycles. The van der Waals surface area contributed by atoms with Crippen molar-refractivity contribution in [2.75, 3.05) is 0 Å². The van der Waals surface area contributed by atoms with E-state index >= 15 is 0 Å². The minimum atomic E-state index is -0.726.